The molecule has 24 heavy (non-hydrogen) atoms. The second-order valence-corrected chi connectivity index (χ2v) is 6.26. The van der Waals surface area contributed by atoms with Crippen LogP contribution < -0.4 is 16.0 Å². The van der Waals surface area contributed by atoms with Gasteiger partial charge in [-0.05, 0) is 44.1 Å². The lowest BCUT2D eigenvalue weighted by atomic mass is 10.2. The van der Waals surface area contributed by atoms with Crippen LogP contribution >= 0.6 is 11.6 Å². The summed E-state index contributed by atoms with van der Waals surface area (Å²) in [6.45, 7) is 7.45. The highest BCUT2D eigenvalue weighted by atomic mass is 35.5. The quantitative estimate of drug-likeness (QED) is 0.673. The van der Waals surface area contributed by atoms with Gasteiger partial charge in [0.05, 0.1) is 10.6 Å². The molecule has 0 atom stereocenters. The first kappa shape index (κ1) is 18.5. The van der Waals surface area contributed by atoms with Crippen LogP contribution in [-0.2, 0) is 0 Å². The lowest BCUT2D eigenvalue weighted by Gasteiger charge is -2.18. The number of hydrogen-bond acceptors (Lipinski definition) is 3. The summed E-state index contributed by atoms with van der Waals surface area (Å²) in [6, 6.07) is 4.87. The summed E-state index contributed by atoms with van der Waals surface area (Å²) in [6.07, 6.45) is 2.02. The van der Waals surface area contributed by atoms with E-state index >= 15 is 0 Å². The molecule has 1 saturated carbocycles. The number of nitrogens with one attached hydrogen (secondary N) is 3. The van der Waals surface area contributed by atoms with Crippen LogP contribution in [0.4, 0.5) is 10.5 Å². The van der Waals surface area contributed by atoms with Crippen molar-refractivity contribution in [1.29, 1.82) is 0 Å². The molecule has 1 aromatic carbocycles. The van der Waals surface area contributed by atoms with Gasteiger partial charge >= 0.3 is 6.03 Å². The number of anilines is 1. The molecule has 0 spiro atoms. The van der Waals surface area contributed by atoms with E-state index in [9.17, 15) is 9.59 Å². The minimum Gasteiger partial charge on any atom is -0.349 e. The van der Waals surface area contributed by atoms with Crippen molar-refractivity contribution in [3.05, 3.63) is 28.8 Å². The number of nitrogens with zero attached hydrogens (tertiary/aromatic N) is 1. The lowest BCUT2D eigenvalue weighted by Crippen LogP contribution is -2.36. The fraction of sp³-hybridized carbons (Fsp3) is 0.529. The summed E-state index contributed by atoms with van der Waals surface area (Å²) < 4.78 is 0. The number of urea groups is 1. The van der Waals surface area contributed by atoms with Crippen LogP contribution in [0.25, 0.3) is 0 Å². The molecule has 1 aliphatic carbocycles. The van der Waals surface area contributed by atoms with E-state index in [1.807, 2.05) is 0 Å². The van der Waals surface area contributed by atoms with E-state index < -0.39 is 0 Å². The van der Waals surface area contributed by atoms with Crippen molar-refractivity contribution in [1.82, 2.24) is 15.5 Å². The van der Waals surface area contributed by atoms with Crippen molar-refractivity contribution in [3.63, 3.8) is 0 Å². The topological polar surface area (TPSA) is 73.5 Å². The number of halogens is 1. The van der Waals surface area contributed by atoms with Crippen molar-refractivity contribution in [2.45, 2.75) is 32.7 Å². The smallest absolute Gasteiger partial charge is 0.319 e. The summed E-state index contributed by atoms with van der Waals surface area (Å²) in [5.74, 6) is -0.201. The maximum Gasteiger partial charge on any atom is 0.319 e. The van der Waals surface area contributed by atoms with Gasteiger partial charge in [-0.25, -0.2) is 4.79 Å². The maximum atomic E-state index is 12.1. The van der Waals surface area contributed by atoms with Gasteiger partial charge in [-0.15, -0.1) is 0 Å². The van der Waals surface area contributed by atoms with Gasteiger partial charge in [0, 0.05) is 24.8 Å². The highest BCUT2D eigenvalue weighted by molar-refractivity contribution is 6.34. The maximum absolute atomic E-state index is 12.1. The molecular formula is C17H25ClN4O2. The third kappa shape index (κ3) is 5.69. The first-order chi connectivity index (χ1) is 11.5. The lowest BCUT2D eigenvalue weighted by molar-refractivity contribution is 0.0951. The van der Waals surface area contributed by atoms with Crippen molar-refractivity contribution in [2.75, 3.05) is 31.5 Å². The molecule has 1 aliphatic rings. The van der Waals surface area contributed by atoms with Gasteiger partial charge in [-0.1, -0.05) is 25.4 Å². The number of benzene rings is 1. The number of rotatable bonds is 8. The van der Waals surface area contributed by atoms with Gasteiger partial charge in [-0.3, -0.25) is 4.79 Å². The minimum atomic E-state index is -0.293. The Labute approximate surface area is 147 Å². The Balaban J connectivity index is 1.87. The van der Waals surface area contributed by atoms with Gasteiger partial charge in [0.25, 0.3) is 5.91 Å². The molecule has 0 heterocycles. The van der Waals surface area contributed by atoms with Crippen LogP contribution in [0.5, 0.6) is 0 Å². The fourth-order valence-electron chi connectivity index (χ4n) is 2.31. The van der Waals surface area contributed by atoms with E-state index in [0.29, 0.717) is 22.8 Å². The van der Waals surface area contributed by atoms with Crippen molar-refractivity contribution >= 4 is 29.2 Å². The molecule has 3 N–H and O–H groups in total. The van der Waals surface area contributed by atoms with Crippen LogP contribution in [0.3, 0.4) is 0 Å². The number of hydrogen-bond donors (Lipinski definition) is 3. The van der Waals surface area contributed by atoms with Crippen molar-refractivity contribution < 1.29 is 9.59 Å². The molecule has 6 nitrogen and oxygen atoms in total. The van der Waals surface area contributed by atoms with Gasteiger partial charge < -0.3 is 20.9 Å². The third-order valence-electron chi connectivity index (χ3n) is 3.99. The van der Waals surface area contributed by atoms with Crippen LogP contribution in [0.2, 0.25) is 5.02 Å². The van der Waals surface area contributed by atoms with Crippen LogP contribution in [-0.4, -0.2) is 49.1 Å². The summed E-state index contributed by atoms with van der Waals surface area (Å²) in [4.78, 5) is 26.3. The van der Waals surface area contributed by atoms with E-state index in [1.165, 1.54) is 0 Å². The van der Waals surface area contributed by atoms with Crippen molar-refractivity contribution in [2.24, 2.45) is 0 Å². The SMILES string of the molecule is CCN(CC)CCNC(=O)Nc1ccc(Cl)c(C(=O)NC2CC2)c1. The molecule has 132 valence electrons. The first-order valence-electron chi connectivity index (χ1n) is 8.41. The molecule has 0 radical (unpaired) electrons. The normalized spacial score (nSPS) is 13.7. The largest absolute Gasteiger partial charge is 0.349 e. The van der Waals surface area contributed by atoms with Crippen molar-refractivity contribution in [3.8, 4) is 0 Å². The molecule has 2 rings (SSSR count). The zero-order chi connectivity index (χ0) is 17.5. The summed E-state index contributed by atoms with van der Waals surface area (Å²) >= 11 is 6.09. The van der Waals surface area contributed by atoms with E-state index in [2.05, 4.69) is 34.7 Å². The Morgan fingerprint density at radius 3 is 2.58 bits per heavy atom. The van der Waals surface area contributed by atoms with Crippen LogP contribution in [0.15, 0.2) is 18.2 Å². The molecule has 1 aromatic rings. The van der Waals surface area contributed by atoms with E-state index in [1.54, 1.807) is 18.2 Å². The van der Waals surface area contributed by atoms with E-state index in [-0.39, 0.29) is 18.0 Å². The number of carbonyl (C=O) groups excluding carboxylic acids is 2. The van der Waals surface area contributed by atoms with Gasteiger partial charge in [-0.2, -0.15) is 0 Å². The Morgan fingerprint density at radius 2 is 1.96 bits per heavy atom. The molecule has 1 fully saturated rings. The number of likely N-dealkylation sites (N-methyl/N-ethyl adjacent to an activating group) is 1. The summed E-state index contributed by atoms with van der Waals surface area (Å²) in [7, 11) is 0. The zero-order valence-corrected chi connectivity index (χ0v) is 14.9. The number of amides is 3. The fourth-order valence-corrected chi connectivity index (χ4v) is 2.51. The predicted molar refractivity (Wildman–Crippen MR) is 96.7 cm³/mol. The Morgan fingerprint density at radius 1 is 1.25 bits per heavy atom. The average Bonchev–Trinajstić information content (AvgIpc) is 3.37. The summed E-state index contributed by atoms with van der Waals surface area (Å²) in [5, 5.41) is 8.82. The standard InChI is InChI=1S/C17H25ClN4O2/c1-3-22(4-2)10-9-19-17(24)21-13-7-8-15(18)14(11-13)16(23)20-12-5-6-12/h7-8,11-12H,3-6,9-10H2,1-2H3,(H,20,23)(H2,19,21,24). The monoisotopic (exact) mass is 352 g/mol. The molecule has 0 bridgehead atoms. The van der Waals surface area contributed by atoms with Crippen LogP contribution in [0, 0.1) is 0 Å². The second kappa shape index (κ2) is 8.89. The highest BCUT2D eigenvalue weighted by Crippen LogP contribution is 2.23. The Kier molecular flexibility index (Phi) is 6.87. The average molecular weight is 353 g/mol. The molecular weight excluding hydrogens is 328 g/mol. The molecule has 7 heteroatoms. The zero-order valence-electron chi connectivity index (χ0n) is 14.2. The Hall–Kier alpha value is -1.79. The first-order valence-corrected chi connectivity index (χ1v) is 8.78. The van der Waals surface area contributed by atoms with Crippen LogP contribution in [0.1, 0.15) is 37.0 Å². The molecule has 3 amide bonds. The number of carbonyl (C=O) groups is 2. The Bertz CT molecular complexity index is 586. The van der Waals surface area contributed by atoms with E-state index in [4.69, 9.17) is 11.6 Å². The molecule has 0 aromatic heterocycles. The molecule has 0 aliphatic heterocycles. The summed E-state index contributed by atoms with van der Waals surface area (Å²) in [5.41, 5.74) is 0.921. The van der Waals surface area contributed by atoms with Gasteiger partial charge in [0.1, 0.15) is 0 Å². The second-order valence-electron chi connectivity index (χ2n) is 5.85. The molecule has 0 saturated heterocycles. The van der Waals surface area contributed by atoms with E-state index in [0.717, 1.165) is 32.5 Å². The predicted octanol–water partition coefficient (Wildman–Crippen LogP) is 2.70. The third-order valence-corrected chi connectivity index (χ3v) is 4.32. The highest BCUT2D eigenvalue weighted by Gasteiger charge is 2.24. The molecule has 0 unspecified atom stereocenters. The minimum absolute atomic E-state index is 0.201. The van der Waals surface area contributed by atoms with Gasteiger partial charge in [0.15, 0.2) is 0 Å². The van der Waals surface area contributed by atoms with Gasteiger partial charge in [0.2, 0.25) is 0 Å².